The molecule has 7 heteroatoms. The lowest BCUT2D eigenvalue weighted by Crippen LogP contribution is -2.15. The van der Waals surface area contributed by atoms with Gasteiger partial charge < -0.3 is 10.4 Å². The van der Waals surface area contributed by atoms with E-state index in [1.165, 1.54) is 6.07 Å². The van der Waals surface area contributed by atoms with Gasteiger partial charge in [-0.1, -0.05) is 27.5 Å². The topological polar surface area (TPSA) is 66.4 Å². The van der Waals surface area contributed by atoms with E-state index in [9.17, 15) is 14.7 Å². The van der Waals surface area contributed by atoms with Crippen LogP contribution in [0.3, 0.4) is 0 Å². The molecule has 2 aromatic rings. The van der Waals surface area contributed by atoms with Gasteiger partial charge in [-0.05, 0) is 52.3 Å². The van der Waals surface area contributed by atoms with Crippen LogP contribution in [0.5, 0.6) is 0 Å². The second-order valence-corrected chi connectivity index (χ2v) is 6.28. The molecule has 0 fully saturated rings. The molecule has 21 heavy (non-hydrogen) atoms. The van der Waals surface area contributed by atoms with Crippen LogP contribution in [0, 0.1) is 0 Å². The van der Waals surface area contributed by atoms with Crippen LogP contribution in [0.25, 0.3) is 0 Å². The number of hydrogen-bond donors (Lipinski definition) is 2. The van der Waals surface area contributed by atoms with Crippen LogP contribution in [0.1, 0.15) is 20.7 Å². The van der Waals surface area contributed by atoms with E-state index < -0.39 is 11.9 Å². The first-order valence-corrected chi connectivity index (χ1v) is 7.64. The molecule has 2 rings (SSSR count). The summed E-state index contributed by atoms with van der Waals surface area (Å²) in [7, 11) is 0. The molecule has 2 N–H and O–H groups in total. The summed E-state index contributed by atoms with van der Waals surface area (Å²) in [4.78, 5) is 23.4. The Labute approximate surface area is 142 Å². The number of carbonyl (C=O) groups excluding carboxylic acids is 1. The quantitative estimate of drug-likeness (QED) is 0.730. The van der Waals surface area contributed by atoms with Crippen LogP contribution in [-0.4, -0.2) is 17.0 Å². The van der Waals surface area contributed by atoms with Crippen LogP contribution in [0.15, 0.2) is 45.3 Å². The fourth-order valence-electron chi connectivity index (χ4n) is 1.66. The van der Waals surface area contributed by atoms with E-state index in [-0.39, 0.29) is 11.3 Å². The Morgan fingerprint density at radius 2 is 1.71 bits per heavy atom. The molecule has 0 radical (unpaired) electrons. The number of hydrogen-bond acceptors (Lipinski definition) is 2. The predicted octanol–water partition coefficient (Wildman–Crippen LogP) is 4.82. The Morgan fingerprint density at radius 3 is 2.29 bits per heavy atom. The van der Waals surface area contributed by atoms with Gasteiger partial charge in [-0.15, -0.1) is 0 Å². The lowest BCUT2D eigenvalue weighted by Gasteiger charge is -2.11. The SMILES string of the molecule is O=C(Nc1c(Br)cc(Br)cc1C(=O)O)c1ccc(Cl)cc1. The smallest absolute Gasteiger partial charge is 0.337 e. The van der Waals surface area contributed by atoms with E-state index in [1.54, 1.807) is 30.3 Å². The molecule has 0 heterocycles. The minimum absolute atomic E-state index is 0.0152. The third-order valence-electron chi connectivity index (χ3n) is 2.63. The van der Waals surface area contributed by atoms with Crippen molar-refractivity contribution in [2.75, 3.05) is 5.32 Å². The highest BCUT2D eigenvalue weighted by molar-refractivity contribution is 9.11. The number of carboxylic acid groups (broad SMARTS) is 1. The van der Waals surface area contributed by atoms with Crippen LogP contribution in [-0.2, 0) is 0 Å². The third kappa shape index (κ3) is 3.84. The lowest BCUT2D eigenvalue weighted by molar-refractivity contribution is 0.0698. The fraction of sp³-hybridized carbons (Fsp3) is 0. The summed E-state index contributed by atoms with van der Waals surface area (Å²) in [5.41, 5.74) is 0.565. The van der Waals surface area contributed by atoms with Crippen molar-refractivity contribution in [3.63, 3.8) is 0 Å². The monoisotopic (exact) mass is 431 g/mol. The third-order valence-corrected chi connectivity index (χ3v) is 3.97. The van der Waals surface area contributed by atoms with E-state index in [0.717, 1.165) is 0 Å². The van der Waals surface area contributed by atoms with Crippen molar-refractivity contribution < 1.29 is 14.7 Å². The molecule has 108 valence electrons. The molecule has 0 spiro atoms. The zero-order chi connectivity index (χ0) is 15.6. The summed E-state index contributed by atoms with van der Waals surface area (Å²) >= 11 is 12.2. The van der Waals surface area contributed by atoms with Gasteiger partial charge >= 0.3 is 5.97 Å². The molecular formula is C14H8Br2ClNO3. The maximum absolute atomic E-state index is 12.2. The van der Waals surface area contributed by atoms with Gasteiger partial charge in [-0.3, -0.25) is 4.79 Å². The zero-order valence-electron chi connectivity index (χ0n) is 10.4. The Bertz CT molecular complexity index is 717. The second-order valence-electron chi connectivity index (χ2n) is 4.08. The van der Waals surface area contributed by atoms with Gasteiger partial charge in [-0.25, -0.2) is 4.79 Å². The summed E-state index contributed by atoms with van der Waals surface area (Å²) in [5.74, 6) is -1.56. The zero-order valence-corrected chi connectivity index (χ0v) is 14.3. The Morgan fingerprint density at radius 1 is 1.10 bits per heavy atom. The number of aromatic carboxylic acids is 1. The molecule has 2 aromatic carbocycles. The maximum Gasteiger partial charge on any atom is 0.337 e. The first-order chi connectivity index (χ1) is 9.88. The number of anilines is 1. The van der Waals surface area contributed by atoms with Crippen molar-refractivity contribution in [3.8, 4) is 0 Å². The van der Waals surface area contributed by atoms with Gasteiger partial charge in [0.15, 0.2) is 0 Å². The first kappa shape index (κ1) is 16.0. The van der Waals surface area contributed by atoms with Crippen molar-refractivity contribution >= 4 is 61.0 Å². The van der Waals surface area contributed by atoms with Gasteiger partial charge in [0.25, 0.3) is 5.91 Å². The Balaban J connectivity index is 2.37. The average molecular weight is 433 g/mol. The number of benzene rings is 2. The summed E-state index contributed by atoms with van der Waals surface area (Å²) in [5, 5.41) is 12.3. The van der Waals surface area contributed by atoms with E-state index in [1.807, 2.05) is 0 Å². The first-order valence-electron chi connectivity index (χ1n) is 5.67. The predicted molar refractivity (Wildman–Crippen MR) is 88.2 cm³/mol. The highest BCUT2D eigenvalue weighted by atomic mass is 79.9. The standard InChI is InChI=1S/C14H8Br2ClNO3/c15-8-5-10(14(20)21)12(11(16)6-8)18-13(19)7-1-3-9(17)4-2-7/h1-6H,(H,18,19)(H,20,21). The number of carboxylic acids is 1. The molecule has 0 aliphatic carbocycles. The summed E-state index contributed by atoms with van der Waals surface area (Å²) < 4.78 is 1.06. The van der Waals surface area contributed by atoms with E-state index in [4.69, 9.17) is 11.6 Å². The molecular weight excluding hydrogens is 425 g/mol. The van der Waals surface area contributed by atoms with Crippen LogP contribution in [0.4, 0.5) is 5.69 Å². The summed E-state index contributed by atoms with van der Waals surface area (Å²) in [6.45, 7) is 0. The van der Waals surface area contributed by atoms with Gasteiger partial charge in [-0.2, -0.15) is 0 Å². The highest BCUT2D eigenvalue weighted by Gasteiger charge is 2.17. The lowest BCUT2D eigenvalue weighted by atomic mass is 10.1. The van der Waals surface area contributed by atoms with Crippen LogP contribution >= 0.6 is 43.5 Å². The number of nitrogens with one attached hydrogen (secondary N) is 1. The van der Waals surface area contributed by atoms with Crippen molar-refractivity contribution in [1.82, 2.24) is 0 Å². The fourth-order valence-corrected chi connectivity index (χ4v) is 3.11. The normalized spacial score (nSPS) is 10.2. The van der Waals surface area contributed by atoms with Crippen molar-refractivity contribution in [2.24, 2.45) is 0 Å². The summed E-state index contributed by atoms with van der Waals surface area (Å²) in [6.07, 6.45) is 0. The van der Waals surface area contributed by atoms with E-state index >= 15 is 0 Å². The molecule has 0 aliphatic heterocycles. The molecule has 0 atom stereocenters. The van der Waals surface area contributed by atoms with Crippen molar-refractivity contribution in [1.29, 1.82) is 0 Å². The second kappa shape index (κ2) is 6.60. The Kier molecular flexibility index (Phi) is 5.03. The molecule has 0 unspecified atom stereocenters. The Hall–Kier alpha value is -1.37. The molecule has 4 nitrogen and oxygen atoms in total. The number of rotatable bonds is 3. The van der Waals surface area contributed by atoms with Crippen LogP contribution in [0.2, 0.25) is 5.02 Å². The summed E-state index contributed by atoms with van der Waals surface area (Å²) in [6, 6.07) is 9.38. The minimum Gasteiger partial charge on any atom is -0.478 e. The van der Waals surface area contributed by atoms with Gasteiger partial charge in [0.1, 0.15) is 0 Å². The van der Waals surface area contributed by atoms with Crippen LogP contribution < -0.4 is 5.32 Å². The number of halogens is 3. The van der Waals surface area contributed by atoms with Crippen molar-refractivity contribution in [2.45, 2.75) is 0 Å². The molecule has 0 bridgehead atoms. The maximum atomic E-state index is 12.2. The molecule has 0 saturated heterocycles. The largest absolute Gasteiger partial charge is 0.478 e. The van der Waals surface area contributed by atoms with Crippen molar-refractivity contribution in [3.05, 3.63) is 61.5 Å². The van der Waals surface area contributed by atoms with E-state index in [0.29, 0.717) is 19.5 Å². The van der Waals surface area contributed by atoms with Gasteiger partial charge in [0.05, 0.1) is 11.3 Å². The molecule has 0 saturated carbocycles. The molecule has 0 aromatic heterocycles. The molecule has 0 aliphatic rings. The van der Waals surface area contributed by atoms with Gasteiger partial charge in [0.2, 0.25) is 0 Å². The van der Waals surface area contributed by atoms with E-state index in [2.05, 4.69) is 37.2 Å². The number of carbonyl (C=O) groups is 2. The average Bonchev–Trinajstić information content (AvgIpc) is 2.41. The molecule has 1 amide bonds. The van der Waals surface area contributed by atoms with Gasteiger partial charge in [0, 0.05) is 19.5 Å². The minimum atomic E-state index is -1.14. The number of amides is 1. The highest BCUT2D eigenvalue weighted by Crippen LogP contribution is 2.31.